The Bertz CT molecular complexity index is 833. The van der Waals surface area contributed by atoms with Crippen molar-refractivity contribution in [1.82, 2.24) is 14.8 Å². The zero-order valence-corrected chi connectivity index (χ0v) is 19.2. The molecule has 3 amide bonds. The Hall–Kier alpha value is -2.06. The zero-order chi connectivity index (χ0) is 22.0. The van der Waals surface area contributed by atoms with Crippen LogP contribution in [-0.4, -0.2) is 51.6 Å². The molecule has 3 heterocycles. The number of hydrogen-bond donors (Lipinski definition) is 1. The summed E-state index contributed by atoms with van der Waals surface area (Å²) in [5.41, 5.74) is 0.952. The standard InChI is InChI=1S/C23H32N4O3S/c1-15(2)12-19(27-21(29)17-8-4-5-9-18(17)22(27)30)20(28)25-23-24-16(14-31-23)13-26-10-6-3-7-11-26/h4-5,14-15,17-19H,3,6-13H2,1-2H3,(H,24,25,28). The molecule has 3 atom stereocenters. The third-order valence-corrected chi connectivity index (χ3v) is 7.27. The molecule has 1 aromatic heterocycles. The van der Waals surface area contributed by atoms with Crippen LogP contribution in [0.1, 0.15) is 58.1 Å². The predicted octanol–water partition coefficient (Wildman–Crippen LogP) is 3.43. The third-order valence-electron chi connectivity index (χ3n) is 6.47. The van der Waals surface area contributed by atoms with Crippen LogP contribution in [-0.2, 0) is 20.9 Å². The lowest BCUT2D eigenvalue weighted by molar-refractivity contribution is -0.147. The molecule has 168 valence electrons. The lowest BCUT2D eigenvalue weighted by atomic mass is 9.85. The van der Waals surface area contributed by atoms with Crippen molar-refractivity contribution in [2.45, 2.75) is 65.0 Å². The number of rotatable bonds is 7. The number of aromatic nitrogens is 1. The summed E-state index contributed by atoms with van der Waals surface area (Å²) in [5, 5.41) is 5.40. The number of hydrogen-bond acceptors (Lipinski definition) is 6. The number of nitrogens with zero attached hydrogens (tertiary/aromatic N) is 3. The molecule has 0 spiro atoms. The fourth-order valence-corrected chi connectivity index (χ4v) is 5.59. The topological polar surface area (TPSA) is 82.6 Å². The Balaban J connectivity index is 1.45. The number of thiazole rings is 1. The van der Waals surface area contributed by atoms with E-state index in [1.165, 1.54) is 35.5 Å². The minimum atomic E-state index is -0.792. The third kappa shape index (κ3) is 4.90. The van der Waals surface area contributed by atoms with E-state index in [-0.39, 0.29) is 35.5 Å². The summed E-state index contributed by atoms with van der Waals surface area (Å²) >= 11 is 1.40. The molecule has 1 aromatic rings. The van der Waals surface area contributed by atoms with Gasteiger partial charge in [-0.3, -0.25) is 24.2 Å². The number of likely N-dealkylation sites (tertiary alicyclic amines) is 2. The summed E-state index contributed by atoms with van der Waals surface area (Å²) < 4.78 is 0. The fraction of sp³-hybridized carbons (Fsp3) is 0.652. The van der Waals surface area contributed by atoms with Crippen molar-refractivity contribution in [2.75, 3.05) is 18.4 Å². The summed E-state index contributed by atoms with van der Waals surface area (Å²) in [6, 6.07) is -0.792. The quantitative estimate of drug-likeness (QED) is 0.515. The molecule has 8 heteroatoms. The molecule has 0 bridgehead atoms. The minimum Gasteiger partial charge on any atom is -0.300 e. The van der Waals surface area contributed by atoms with Gasteiger partial charge in [-0.15, -0.1) is 11.3 Å². The van der Waals surface area contributed by atoms with Crippen LogP contribution in [0.4, 0.5) is 5.13 Å². The van der Waals surface area contributed by atoms with Crippen LogP contribution in [0.15, 0.2) is 17.5 Å². The van der Waals surface area contributed by atoms with E-state index in [0.29, 0.717) is 24.4 Å². The van der Waals surface area contributed by atoms with E-state index < -0.39 is 6.04 Å². The van der Waals surface area contributed by atoms with Crippen molar-refractivity contribution in [2.24, 2.45) is 17.8 Å². The number of allylic oxidation sites excluding steroid dienone is 2. The van der Waals surface area contributed by atoms with Gasteiger partial charge in [0.2, 0.25) is 17.7 Å². The SMILES string of the molecule is CC(C)CC(C(=O)Nc1nc(CN2CCCCC2)cs1)N1C(=O)C2CC=CCC2C1=O. The highest BCUT2D eigenvalue weighted by atomic mass is 32.1. The Kier molecular flexibility index (Phi) is 6.86. The van der Waals surface area contributed by atoms with Crippen molar-refractivity contribution in [3.8, 4) is 0 Å². The maximum Gasteiger partial charge on any atom is 0.249 e. The number of imide groups is 1. The molecule has 1 aliphatic carbocycles. The Morgan fingerprint density at radius 1 is 1.13 bits per heavy atom. The number of fused-ring (bicyclic) bond motifs is 1. The van der Waals surface area contributed by atoms with Gasteiger partial charge < -0.3 is 5.32 Å². The maximum atomic E-state index is 13.2. The van der Waals surface area contributed by atoms with Gasteiger partial charge in [0.1, 0.15) is 6.04 Å². The van der Waals surface area contributed by atoms with E-state index in [9.17, 15) is 14.4 Å². The Labute approximate surface area is 187 Å². The molecule has 0 radical (unpaired) electrons. The van der Waals surface area contributed by atoms with Gasteiger partial charge in [0, 0.05) is 11.9 Å². The fourth-order valence-electron chi connectivity index (χ4n) is 4.88. The summed E-state index contributed by atoms with van der Waals surface area (Å²) in [6.07, 6.45) is 9.27. The van der Waals surface area contributed by atoms with Gasteiger partial charge in [0.15, 0.2) is 5.13 Å². The number of carbonyl (C=O) groups excluding carboxylic acids is 3. The average molecular weight is 445 g/mol. The molecule has 0 saturated carbocycles. The first kappa shape index (κ1) is 22.1. The Morgan fingerprint density at radius 2 is 1.77 bits per heavy atom. The first-order valence-electron chi connectivity index (χ1n) is 11.4. The molecule has 3 aliphatic rings. The van der Waals surface area contributed by atoms with Crippen LogP contribution in [0.5, 0.6) is 0 Å². The van der Waals surface area contributed by atoms with Crippen LogP contribution in [0, 0.1) is 17.8 Å². The average Bonchev–Trinajstić information content (AvgIpc) is 3.29. The van der Waals surface area contributed by atoms with Crippen LogP contribution >= 0.6 is 11.3 Å². The van der Waals surface area contributed by atoms with Crippen LogP contribution in [0.2, 0.25) is 0 Å². The smallest absolute Gasteiger partial charge is 0.249 e. The number of anilines is 1. The van der Waals surface area contributed by atoms with Gasteiger partial charge >= 0.3 is 0 Å². The highest BCUT2D eigenvalue weighted by Gasteiger charge is 2.51. The molecule has 31 heavy (non-hydrogen) atoms. The Morgan fingerprint density at radius 3 is 2.39 bits per heavy atom. The van der Waals surface area contributed by atoms with Gasteiger partial charge in [-0.2, -0.15) is 0 Å². The molecule has 2 saturated heterocycles. The highest BCUT2D eigenvalue weighted by molar-refractivity contribution is 7.13. The second-order valence-corrected chi connectivity index (χ2v) is 10.2. The molecule has 7 nitrogen and oxygen atoms in total. The molecule has 2 aliphatic heterocycles. The van der Waals surface area contributed by atoms with Gasteiger partial charge in [-0.05, 0) is 51.1 Å². The van der Waals surface area contributed by atoms with Gasteiger partial charge in [-0.1, -0.05) is 32.4 Å². The lowest BCUT2D eigenvalue weighted by Crippen LogP contribution is -2.48. The first-order valence-corrected chi connectivity index (χ1v) is 12.3. The molecule has 3 unspecified atom stereocenters. The summed E-state index contributed by atoms with van der Waals surface area (Å²) in [6.45, 7) is 6.97. The molecule has 0 aromatic carbocycles. The summed E-state index contributed by atoms with van der Waals surface area (Å²) in [4.78, 5) is 47.5. The second kappa shape index (κ2) is 9.61. The first-order chi connectivity index (χ1) is 14.9. The van der Waals surface area contributed by atoms with Crippen LogP contribution in [0.25, 0.3) is 0 Å². The maximum absolute atomic E-state index is 13.2. The number of carbonyl (C=O) groups is 3. The number of nitrogens with one attached hydrogen (secondary N) is 1. The van der Waals surface area contributed by atoms with E-state index >= 15 is 0 Å². The van der Waals surface area contributed by atoms with Crippen LogP contribution < -0.4 is 5.32 Å². The van der Waals surface area contributed by atoms with Gasteiger partial charge in [0.25, 0.3) is 0 Å². The molecular formula is C23H32N4O3S. The van der Waals surface area contributed by atoms with Crippen molar-refractivity contribution in [3.63, 3.8) is 0 Å². The molecular weight excluding hydrogens is 412 g/mol. The molecule has 4 rings (SSSR count). The number of amides is 3. The van der Waals surface area contributed by atoms with Crippen molar-refractivity contribution < 1.29 is 14.4 Å². The summed E-state index contributed by atoms with van der Waals surface area (Å²) in [7, 11) is 0. The minimum absolute atomic E-state index is 0.170. The molecule has 2 fully saturated rings. The second-order valence-electron chi connectivity index (χ2n) is 9.32. The zero-order valence-electron chi connectivity index (χ0n) is 18.4. The van der Waals surface area contributed by atoms with Crippen LogP contribution in [0.3, 0.4) is 0 Å². The van der Waals surface area contributed by atoms with Gasteiger partial charge in [0.05, 0.1) is 17.5 Å². The monoisotopic (exact) mass is 444 g/mol. The van der Waals surface area contributed by atoms with Crippen molar-refractivity contribution in [3.05, 3.63) is 23.2 Å². The van der Waals surface area contributed by atoms with Crippen molar-refractivity contribution >= 4 is 34.2 Å². The lowest BCUT2D eigenvalue weighted by Gasteiger charge is -2.27. The predicted molar refractivity (Wildman–Crippen MR) is 120 cm³/mol. The van der Waals surface area contributed by atoms with E-state index in [2.05, 4.69) is 15.2 Å². The van der Waals surface area contributed by atoms with E-state index in [0.717, 1.165) is 25.3 Å². The van der Waals surface area contributed by atoms with E-state index in [1.807, 2.05) is 31.4 Å². The highest BCUT2D eigenvalue weighted by Crippen LogP contribution is 2.37. The van der Waals surface area contributed by atoms with Crippen molar-refractivity contribution in [1.29, 1.82) is 0 Å². The normalized spacial score (nSPS) is 25.2. The molecule has 1 N–H and O–H groups in total. The van der Waals surface area contributed by atoms with Gasteiger partial charge in [-0.25, -0.2) is 4.98 Å². The summed E-state index contributed by atoms with van der Waals surface area (Å²) in [5.74, 6) is -1.20. The van der Waals surface area contributed by atoms with E-state index in [1.54, 1.807) is 0 Å². The largest absolute Gasteiger partial charge is 0.300 e. The van der Waals surface area contributed by atoms with E-state index in [4.69, 9.17) is 0 Å². The number of piperidine rings is 1.